The fraction of sp³-hybridized carbons (Fsp3) is 0.111. The summed E-state index contributed by atoms with van der Waals surface area (Å²) in [7, 11) is 0. The van der Waals surface area contributed by atoms with E-state index in [1.54, 1.807) is 23.0 Å². The van der Waals surface area contributed by atoms with Gasteiger partial charge in [-0.25, -0.2) is 9.67 Å². The lowest BCUT2D eigenvalue weighted by Gasteiger charge is -2.00. The molecule has 0 saturated heterocycles. The molecular weight excluding hydrogens is 192 g/mol. The van der Waals surface area contributed by atoms with Crippen molar-refractivity contribution in [2.75, 3.05) is 5.73 Å². The average molecular weight is 200 g/mol. The van der Waals surface area contributed by atoms with Gasteiger partial charge < -0.3 is 5.73 Å². The van der Waals surface area contributed by atoms with Gasteiger partial charge >= 0.3 is 0 Å². The summed E-state index contributed by atoms with van der Waals surface area (Å²) in [6.45, 7) is 0.458. The van der Waals surface area contributed by atoms with Gasteiger partial charge in [-0.3, -0.25) is 4.98 Å². The predicted molar refractivity (Wildman–Crippen MR) is 52.5 cm³/mol. The Morgan fingerprint density at radius 1 is 1.47 bits per heavy atom. The third kappa shape index (κ3) is 2.08. The summed E-state index contributed by atoms with van der Waals surface area (Å²) in [4.78, 5) is 7.90. The van der Waals surface area contributed by atoms with E-state index in [1.807, 2.05) is 6.07 Å². The second-order valence-electron chi connectivity index (χ2n) is 2.96. The molecular formula is C9H8N6. The number of hydrogen-bond acceptors (Lipinski definition) is 5. The Morgan fingerprint density at radius 2 is 2.33 bits per heavy atom. The summed E-state index contributed by atoms with van der Waals surface area (Å²) >= 11 is 0. The van der Waals surface area contributed by atoms with Gasteiger partial charge in [-0.15, -0.1) is 5.10 Å². The Balaban J connectivity index is 2.19. The van der Waals surface area contributed by atoms with E-state index in [2.05, 4.69) is 15.1 Å². The first-order chi connectivity index (χ1) is 7.28. The van der Waals surface area contributed by atoms with Crippen molar-refractivity contribution in [3.05, 3.63) is 36.2 Å². The second-order valence-corrected chi connectivity index (χ2v) is 2.96. The summed E-state index contributed by atoms with van der Waals surface area (Å²) in [6.07, 6.45) is 3.12. The Hall–Kier alpha value is -2.42. The lowest BCUT2D eigenvalue weighted by molar-refractivity contribution is 0.669. The van der Waals surface area contributed by atoms with Crippen LogP contribution in [0.15, 0.2) is 24.7 Å². The minimum absolute atomic E-state index is 0.152. The highest BCUT2D eigenvalue weighted by molar-refractivity contribution is 5.37. The van der Waals surface area contributed by atoms with Crippen molar-refractivity contribution in [1.82, 2.24) is 19.7 Å². The lowest BCUT2D eigenvalue weighted by atomic mass is 10.3. The molecule has 0 aliphatic heterocycles. The zero-order valence-electron chi connectivity index (χ0n) is 7.83. The average Bonchev–Trinajstić information content (AvgIpc) is 2.65. The zero-order chi connectivity index (χ0) is 10.7. The predicted octanol–water partition coefficient (Wildman–Crippen LogP) is 0.175. The standard InChI is InChI=1S/C9H8N6/c10-4-9-13-6-15(14-9)5-8-3-7(11)1-2-12-8/h1-3,6H,5H2,(H2,11,12). The van der Waals surface area contributed by atoms with E-state index in [-0.39, 0.29) is 5.82 Å². The van der Waals surface area contributed by atoms with Crippen LogP contribution in [0.2, 0.25) is 0 Å². The maximum Gasteiger partial charge on any atom is 0.252 e. The van der Waals surface area contributed by atoms with Crippen LogP contribution in [-0.4, -0.2) is 19.7 Å². The van der Waals surface area contributed by atoms with Crippen molar-refractivity contribution in [2.45, 2.75) is 6.54 Å². The molecule has 2 aromatic heterocycles. The van der Waals surface area contributed by atoms with Gasteiger partial charge in [-0.1, -0.05) is 0 Å². The summed E-state index contributed by atoms with van der Waals surface area (Å²) in [5.74, 6) is 0.152. The molecule has 0 aromatic carbocycles. The van der Waals surface area contributed by atoms with Gasteiger partial charge in [-0.2, -0.15) is 5.26 Å². The van der Waals surface area contributed by atoms with Crippen LogP contribution in [0, 0.1) is 11.3 Å². The molecule has 15 heavy (non-hydrogen) atoms. The van der Waals surface area contributed by atoms with E-state index in [0.29, 0.717) is 12.2 Å². The van der Waals surface area contributed by atoms with Crippen LogP contribution in [-0.2, 0) is 6.54 Å². The van der Waals surface area contributed by atoms with Crippen molar-refractivity contribution in [2.24, 2.45) is 0 Å². The molecule has 0 aliphatic rings. The maximum atomic E-state index is 8.54. The summed E-state index contributed by atoms with van der Waals surface area (Å²) in [5.41, 5.74) is 7.04. The van der Waals surface area contributed by atoms with Crippen molar-refractivity contribution in [3.8, 4) is 6.07 Å². The number of nitrogens with two attached hydrogens (primary N) is 1. The number of rotatable bonds is 2. The quantitative estimate of drug-likeness (QED) is 0.746. The smallest absolute Gasteiger partial charge is 0.252 e. The molecule has 2 N–H and O–H groups in total. The Kier molecular flexibility index (Phi) is 2.29. The fourth-order valence-corrected chi connectivity index (χ4v) is 1.17. The highest BCUT2D eigenvalue weighted by atomic mass is 15.3. The number of pyridine rings is 1. The first-order valence-corrected chi connectivity index (χ1v) is 4.28. The molecule has 0 unspecified atom stereocenters. The van der Waals surface area contributed by atoms with Crippen LogP contribution in [0.3, 0.4) is 0 Å². The molecule has 0 bridgehead atoms. The summed E-state index contributed by atoms with van der Waals surface area (Å²) in [6, 6.07) is 5.33. The molecule has 2 rings (SSSR count). The zero-order valence-corrected chi connectivity index (χ0v) is 7.83. The van der Waals surface area contributed by atoms with Crippen LogP contribution in [0.4, 0.5) is 5.69 Å². The fourth-order valence-electron chi connectivity index (χ4n) is 1.17. The van der Waals surface area contributed by atoms with Gasteiger partial charge in [0.2, 0.25) is 0 Å². The van der Waals surface area contributed by atoms with Gasteiger partial charge in [0.25, 0.3) is 5.82 Å². The van der Waals surface area contributed by atoms with Crippen LogP contribution >= 0.6 is 0 Å². The molecule has 2 heterocycles. The van der Waals surface area contributed by atoms with Crippen molar-refractivity contribution in [3.63, 3.8) is 0 Å². The topological polar surface area (TPSA) is 93.4 Å². The third-order valence-electron chi connectivity index (χ3n) is 1.80. The number of hydrogen-bond donors (Lipinski definition) is 1. The Labute approximate surface area is 86.0 Å². The molecule has 0 saturated carbocycles. The van der Waals surface area contributed by atoms with Crippen LogP contribution in [0.25, 0.3) is 0 Å². The monoisotopic (exact) mass is 200 g/mol. The summed E-state index contributed by atoms with van der Waals surface area (Å²) < 4.78 is 1.54. The largest absolute Gasteiger partial charge is 0.399 e. The Bertz CT molecular complexity index is 509. The Morgan fingerprint density at radius 3 is 3.00 bits per heavy atom. The van der Waals surface area contributed by atoms with Gasteiger partial charge in [-0.05, 0) is 12.1 Å². The number of anilines is 1. The third-order valence-corrected chi connectivity index (χ3v) is 1.80. The van der Waals surface area contributed by atoms with Crippen molar-refractivity contribution < 1.29 is 0 Å². The minimum Gasteiger partial charge on any atom is -0.399 e. The van der Waals surface area contributed by atoms with E-state index < -0.39 is 0 Å². The SMILES string of the molecule is N#Cc1ncn(Cc2cc(N)ccn2)n1. The molecule has 6 nitrogen and oxygen atoms in total. The highest BCUT2D eigenvalue weighted by Gasteiger charge is 2.01. The van der Waals surface area contributed by atoms with Crippen molar-refractivity contribution >= 4 is 5.69 Å². The van der Waals surface area contributed by atoms with Gasteiger partial charge in [0, 0.05) is 11.9 Å². The normalized spacial score (nSPS) is 9.80. The van der Waals surface area contributed by atoms with E-state index >= 15 is 0 Å². The highest BCUT2D eigenvalue weighted by Crippen LogP contribution is 2.04. The molecule has 0 fully saturated rings. The van der Waals surface area contributed by atoms with Crippen LogP contribution in [0.1, 0.15) is 11.5 Å². The van der Waals surface area contributed by atoms with E-state index in [9.17, 15) is 0 Å². The number of nitriles is 1. The van der Waals surface area contributed by atoms with Crippen LogP contribution < -0.4 is 5.73 Å². The van der Waals surface area contributed by atoms with E-state index in [1.165, 1.54) is 6.33 Å². The molecule has 74 valence electrons. The molecule has 0 atom stereocenters. The number of nitrogens with zero attached hydrogens (tertiary/aromatic N) is 5. The molecule has 0 aliphatic carbocycles. The number of aromatic nitrogens is 4. The minimum atomic E-state index is 0.152. The van der Waals surface area contributed by atoms with Gasteiger partial charge in [0.1, 0.15) is 12.4 Å². The molecule has 0 spiro atoms. The first kappa shape index (κ1) is 9.15. The molecule has 0 radical (unpaired) electrons. The lowest BCUT2D eigenvalue weighted by Crippen LogP contribution is -2.03. The van der Waals surface area contributed by atoms with E-state index in [4.69, 9.17) is 11.0 Å². The number of nitrogen functional groups attached to an aromatic ring is 1. The van der Waals surface area contributed by atoms with Crippen molar-refractivity contribution in [1.29, 1.82) is 5.26 Å². The first-order valence-electron chi connectivity index (χ1n) is 4.28. The summed E-state index contributed by atoms with van der Waals surface area (Å²) in [5, 5.41) is 12.5. The van der Waals surface area contributed by atoms with Gasteiger partial charge in [0.15, 0.2) is 0 Å². The molecule has 2 aromatic rings. The van der Waals surface area contributed by atoms with Gasteiger partial charge in [0.05, 0.1) is 12.2 Å². The van der Waals surface area contributed by atoms with E-state index in [0.717, 1.165) is 5.69 Å². The molecule has 6 heteroatoms. The van der Waals surface area contributed by atoms with Crippen LogP contribution in [0.5, 0.6) is 0 Å². The molecule has 0 amide bonds. The second kappa shape index (κ2) is 3.75. The maximum absolute atomic E-state index is 8.54.